The van der Waals surface area contributed by atoms with Crippen molar-refractivity contribution in [3.63, 3.8) is 0 Å². The third-order valence-electron chi connectivity index (χ3n) is 3.23. The molecule has 2 aromatic heterocycles. The molecule has 0 saturated heterocycles. The molecular weight excluding hydrogens is 292 g/mol. The lowest BCUT2D eigenvalue weighted by Gasteiger charge is -2.17. The van der Waals surface area contributed by atoms with E-state index in [0.29, 0.717) is 23.1 Å². The summed E-state index contributed by atoms with van der Waals surface area (Å²) in [6, 6.07) is 3.59. The Morgan fingerprint density at radius 2 is 2.04 bits per heavy atom. The van der Waals surface area contributed by atoms with Crippen molar-refractivity contribution in [3.05, 3.63) is 45.9 Å². The molecule has 23 heavy (non-hydrogen) atoms. The normalized spacial score (nSPS) is 12.0. The molecule has 0 N–H and O–H groups in total. The second-order valence-electron chi connectivity index (χ2n) is 6.39. The Hall–Kier alpha value is -2.43. The van der Waals surface area contributed by atoms with Crippen LogP contribution in [0.1, 0.15) is 39.0 Å². The lowest BCUT2D eigenvalue weighted by atomic mass is 10.1. The summed E-state index contributed by atoms with van der Waals surface area (Å²) in [5, 5.41) is 0.545. The first-order chi connectivity index (χ1) is 10.7. The van der Waals surface area contributed by atoms with Gasteiger partial charge in [-0.3, -0.25) is 4.79 Å². The van der Waals surface area contributed by atoms with E-state index in [1.165, 1.54) is 12.2 Å². The standard InChI is InChI=1S/C18H22N2O3/c1-6-20-11-13(8-10-15(21)23-18(3,4)5)16(22)14-9-7-12(2)19-17(14)20/h7-11H,6H2,1-5H3/b10-8+. The summed E-state index contributed by atoms with van der Waals surface area (Å²) in [7, 11) is 0. The van der Waals surface area contributed by atoms with Crippen molar-refractivity contribution in [3.8, 4) is 0 Å². The second-order valence-corrected chi connectivity index (χ2v) is 6.39. The van der Waals surface area contributed by atoms with Crippen LogP contribution in [0.25, 0.3) is 17.1 Å². The van der Waals surface area contributed by atoms with Gasteiger partial charge in [0.2, 0.25) is 0 Å². The summed E-state index contributed by atoms with van der Waals surface area (Å²) < 4.78 is 7.11. The molecule has 2 heterocycles. The summed E-state index contributed by atoms with van der Waals surface area (Å²) >= 11 is 0. The molecule has 5 heteroatoms. The molecular formula is C18H22N2O3. The highest BCUT2D eigenvalue weighted by molar-refractivity contribution is 5.88. The third-order valence-corrected chi connectivity index (χ3v) is 3.23. The van der Waals surface area contributed by atoms with E-state index in [-0.39, 0.29) is 5.43 Å². The summed E-state index contributed by atoms with van der Waals surface area (Å²) in [6.07, 6.45) is 4.51. The van der Waals surface area contributed by atoms with E-state index < -0.39 is 11.6 Å². The van der Waals surface area contributed by atoms with Gasteiger partial charge in [0.05, 0.1) is 5.39 Å². The van der Waals surface area contributed by atoms with Crippen LogP contribution < -0.4 is 5.43 Å². The van der Waals surface area contributed by atoms with Crippen molar-refractivity contribution in [2.24, 2.45) is 0 Å². The van der Waals surface area contributed by atoms with E-state index in [0.717, 1.165) is 5.69 Å². The minimum atomic E-state index is -0.560. The lowest BCUT2D eigenvalue weighted by molar-refractivity contribution is -0.148. The molecule has 2 rings (SSSR count). The maximum Gasteiger partial charge on any atom is 0.331 e. The minimum Gasteiger partial charge on any atom is -0.457 e. The zero-order chi connectivity index (χ0) is 17.2. The fourth-order valence-corrected chi connectivity index (χ4v) is 2.24. The molecule has 0 unspecified atom stereocenters. The number of fused-ring (bicyclic) bond motifs is 1. The number of pyridine rings is 2. The van der Waals surface area contributed by atoms with Crippen LogP contribution in [0, 0.1) is 6.92 Å². The minimum absolute atomic E-state index is 0.142. The van der Waals surface area contributed by atoms with Gasteiger partial charge in [0.1, 0.15) is 11.2 Å². The lowest BCUT2D eigenvalue weighted by Crippen LogP contribution is -2.22. The quantitative estimate of drug-likeness (QED) is 0.645. The number of aryl methyl sites for hydroxylation is 2. The molecule has 122 valence electrons. The smallest absolute Gasteiger partial charge is 0.331 e. The van der Waals surface area contributed by atoms with Gasteiger partial charge in [0, 0.05) is 30.1 Å². The van der Waals surface area contributed by atoms with Gasteiger partial charge in [-0.2, -0.15) is 0 Å². The van der Waals surface area contributed by atoms with Crippen LogP contribution in [-0.4, -0.2) is 21.1 Å². The predicted octanol–water partition coefficient (Wildman–Crippen LogP) is 3.08. The van der Waals surface area contributed by atoms with Crippen molar-refractivity contribution in [2.75, 3.05) is 0 Å². The molecule has 0 radical (unpaired) electrons. The van der Waals surface area contributed by atoms with Crippen molar-refractivity contribution in [2.45, 2.75) is 46.8 Å². The van der Waals surface area contributed by atoms with Crippen LogP contribution in [0.3, 0.4) is 0 Å². The maximum absolute atomic E-state index is 12.5. The Balaban J connectivity index is 2.46. The molecule has 2 aromatic rings. The van der Waals surface area contributed by atoms with E-state index in [9.17, 15) is 9.59 Å². The van der Waals surface area contributed by atoms with Gasteiger partial charge in [-0.15, -0.1) is 0 Å². The van der Waals surface area contributed by atoms with E-state index >= 15 is 0 Å². The molecule has 5 nitrogen and oxygen atoms in total. The fraction of sp³-hybridized carbons (Fsp3) is 0.389. The molecule has 0 spiro atoms. The van der Waals surface area contributed by atoms with Gasteiger partial charge in [-0.05, 0) is 52.8 Å². The van der Waals surface area contributed by atoms with Gasteiger partial charge in [-0.1, -0.05) is 0 Å². The highest BCUT2D eigenvalue weighted by Crippen LogP contribution is 2.12. The van der Waals surface area contributed by atoms with Gasteiger partial charge < -0.3 is 9.30 Å². The average molecular weight is 314 g/mol. The van der Waals surface area contributed by atoms with E-state index in [4.69, 9.17) is 4.74 Å². The highest BCUT2D eigenvalue weighted by atomic mass is 16.6. The van der Waals surface area contributed by atoms with E-state index in [1.807, 2.05) is 24.5 Å². The van der Waals surface area contributed by atoms with Crippen LogP contribution >= 0.6 is 0 Å². The number of hydrogen-bond acceptors (Lipinski definition) is 4. The number of carbonyl (C=O) groups excluding carboxylic acids is 1. The van der Waals surface area contributed by atoms with Crippen molar-refractivity contribution in [1.29, 1.82) is 0 Å². The van der Waals surface area contributed by atoms with Crippen molar-refractivity contribution >= 4 is 23.1 Å². The molecule has 0 aromatic carbocycles. The summed E-state index contributed by atoms with van der Waals surface area (Å²) in [6.45, 7) is 9.95. The van der Waals surface area contributed by atoms with Crippen molar-refractivity contribution in [1.82, 2.24) is 9.55 Å². The number of hydrogen-bond donors (Lipinski definition) is 0. The SMILES string of the molecule is CCn1cc(/C=C/C(=O)OC(C)(C)C)c(=O)c2ccc(C)nc21. The number of rotatable bonds is 3. The fourth-order valence-electron chi connectivity index (χ4n) is 2.24. The molecule has 0 amide bonds. The number of esters is 1. The molecule has 0 saturated carbocycles. The molecule has 0 aliphatic carbocycles. The first-order valence-corrected chi connectivity index (χ1v) is 7.63. The number of aromatic nitrogens is 2. The molecule has 0 aliphatic rings. The Labute approximate surface area is 135 Å². The summed E-state index contributed by atoms with van der Waals surface area (Å²) in [4.78, 5) is 28.8. The number of ether oxygens (including phenoxy) is 1. The highest BCUT2D eigenvalue weighted by Gasteiger charge is 2.14. The van der Waals surface area contributed by atoms with Gasteiger partial charge in [-0.25, -0.2) is 9.78 Å². The summed E-state index contributed by atoms with van der Waals surface area (Å²) in [5.41, 5.74) is 1.26. The van der Waals surface area contributed by atoms with E-state index in [1.54, 1.807) is 33.0 Å². The number of carbonyl (C=O) groups is 1. The third kappa shape index (κ3) is 4.06. The monoisotopic (exact) mass is 314 g/mol. The number of nitrogens with zero attached hydrogens (tertiary/aromatic N) is 2. The molecule has 0 aliphatic heterocycles. The first-order valence-electron chi connectivity index (χ1n) is 7.63. The predicted molar refractivity (Wildman–Crippen MR) is 91.3 cm³/mol. The van der Waals surface area contributed by atoms with Crippen LogP contribution in [-0.2, 0) is 16.1 Å². The Morgan fingerprint density at radius 3 is 2.65 bits per heavy atom. The largest absolute Gasteiger partial charge is 0.457 e. The average Bonchev–Trinajstić information content (AvgIpc) is 2.44. The van der Waals surface area contributed by atoms with Crippen molar-refractivity contribution < 1.29 is 9.53 Å². The second kappa shape index (κ2) is 6.36. The van der Waals surface area contributed by atoms with Crippen LogP contribution in [0.2, 0.25) is 0 Å². The Morgan fingerprint density at radius 1 is 1.35 bits per heavy atom. The first kappa shape index (κ1) is 16.9. The van der Waals surface area contributed by atoms with Gasteiger partial charge >= 0.3 is 5.97 Å². The van der Waals surface area contributed by atoms with E-state index in [2.05, 4.69) is 4.98 Å². The van der Waals surface area contributed by atoms with Gasteiger partial charge in [0.25, 0.3) is 0 Å². The Bertz CT molecular complexity index is 827. The zero-order valence-electron chi connectivity index (χ0n) is 14.2. The molecule has 0 atom stereocenters. The topological polar surface area (TPSA) is 61.2 Å². The molecule has 0 fully saturated rings. The molecule has 0 bridgehead atoms. The Kier molecular flexibility index (Phi) is 4.68. The summed E-state index contributed by atoms with van der Waals surface area (Å²) in [5.74, 6) is -0.470. The van der Waals surface area contributed by atoms with Gasteiger partial charge in [0.15, 0.2) is 5.43 Å². The maximum atomic E-state index is 12.5. The van der Waals surface area contributed by atoms with Crippen LogP contribution in [0.4, 0.5) is 0 Å². The van der Waals surface area contributed by atoms with Crippen LogP contribution in [0.5, 0.6) is 0 Å². The zero-order valence-corrected chi connectivity index (χ0v) is 14.2. The van der Waals surface area contributed by atoms with Crippen LogP contribution in [0.15, 0.2) is 29.2 Å².